The van der Waals surface area contributed by atoms with Crippen molar-refractivity contribution in [2.45, 2.75) is 84.8 Å². The first-order valence-corrected chi connectivity index (χ1v) is 7.91. The van der Waals surface area contributed by atoms with Crippen LogP contribution >= 0.6 is 0 Å². The van der Waals surface area contributed by atoms with Gasteiger partial charge in [-0.25, -0.2) is 0 Å². The van der Waals surface area contributed by atoms with Gasteiger partial charge in [0.1, 0.15) is 0 Å². The van der Waals surface area contributed by atoms with Crippen molar-refractivity contribution < 1.29 is 0 Å². The number of aromatic nitrogens is 1. The van der Waals surface area contributed by atoms with Crippen molar-refractivity contribution in [3.8, 4) is 0 Å². The first kappa shape index (κ1) is 16.3. The molecule has 2 heteroatoms. The monoisotopic (exact) mass is 264 g/mol. The number of nitrogens with zero attached hydrogens (tertiary/aromatic N) is 1. The Labute approximate surface area is 119 Å². The summed E-state index contributed by atoms with van der Waals surface area (Å²) in [7, 11) is 0. The molecule has 0 unspecified atom stereocenters. The van der Waals surface area contributed by atoms with Gasteiger partial charge in [0.15, 0.2) is 0 Å². The minimum absolute atomic E-state index is 0.196. The smallest absolute Gasteiger partial charge is 0.0225 e. The van der Waals surface area contributed by atoms with Crippen LogP contribution in [0, 0.1) is 0 Å². The lowest BCUT2D eigenvalue weighted by Crippen LogP contribution is -2.34. The van der Waals surface area contributed by atoms with Gasteiger partial charge in [0.2, 0.25) is 0 Å². The van der Waals surface area contributed by atoms with Gasteiger partial charge in [-0.05, 0) is 38.8 Å². The van der Waals surface area contributed by atoms with Crippen LogP contribution in [0.15, 0.2) is 18.5 Å². The zero-order valence-corrected chi connectivity index (χ0v) is 13.3. The zero-order chi connectivity index (χ0) is 14.1. The number of nitrogens with one attached hydrogen (secondary N) is 1. The van der Waals surface area contributed by atoms with E-state index in [2.05, 4.69) is 56.0 Å². The Morgan fingerprint density at radius 1 is 1.05 bits per heavy atom. The molecule has 0 saturated carbocycles. The van der Waals surface area contributed by atoms with E-state index in [4.69, 9.17) is 0 Å². The summed E-state index contributed by atoms with van der Waals surface area (Å²) in [6, 6.07) is 2.23. The highest BCUT2D eigenvalue weighted by atomic mass is 15.0. The Kier molecular flexibility index (Phi) is 7.22. The van der Waals surface area contributed by atoms with Crippen LogP contribution in [-0.4, -0.2) is 10.1 Å². The van der Waals surface area contributed by atoms with Crippen molar-refractivity contribution in [2.75, 3.05) is 0 Å². The molecule has 2 nitrogen and oxygen atoms in total. The Balaban J connectivity index is 2.16. The Morgan fingerprint density at radius 3 is 2.42 bits per heavy atom. The summed E-state index contributed by atoms with van der Waals surface area (Å²) in [6.45, 7) is 11.0. The van der Waals surface area contributed by atoms with E-state index in [9.17, 15) is 0 Å². The van der Waals surface area contributed by atoms with Crippen molar-refractivity contribution in [3.05, 3.63) is 24.0 Å². The topological polar surface area (TPSA) is 17.0 Å². The summed E-state index contributed by atoms with van der Waals surface area (Å²) in [5.41, 5.74) is 1.59. The maximum Gasteiger partial charge on any atom is 0.0225 e. The quantitative estimate of drug-likeness (QED) is 0.638. The largest absolute Gasteiger partial charge is 0.354 e. The number of hydrogen-bond donors (Lipinski definition) is 1. The number of rotatable bonds is 9. The summed E-state index contributed by atoms with van der Waals surface area (Å²) < 4.78 is 2.33. The SMILES string of the molecule is CCCCCCCCn1ccc(CNC(C)(C)C)c1. The van der Waals surface area contributed by atoms with Gasteiger partial charge in [0, 0.05) is 31.0 Å². The number of hydrogen-bond acceptors (Lipinski definition) is 1. The molecule has 0 amide bonds. The molecule has 1 aromatic heterocycles. The first-order valence-electron chi connectivity index (χ1n) is 7.91. The molecule has 1 heterocycles. The average molecular weight is 264 g/mol. The van der Waals surface area contributed by atoms with Crippen LogP contribution in [0.4, 0.5) is 0 Å². The highest BCUT2D eigenvalue weighted by Gasteiger charge is 2.08. The van der Waals surface area contributed by atoms with Crippen molar-refractivity contribution in [3.63, 3.8) is 0 Å². The fraction of sp³-hybridized carbons (Fsp3) is 0.765. The molecule has 0 aliphatic carbocycles. The van der Waals surface area contributed by atoms with Crippen LogP contribution in [0.2, 0.25) is 0 Å². The summed E-state index contributed by atoms with van der Waals surface area (Å²) in [4.78, 5) is 0. The lowest BCUT2D eigenvalue weighted by Gasteiger charge is -2.19. The Morgan fingerprint density at radius 2 is 1.74 bits per heavy atom. The second-order valence-electron chi connectivity index (χ2n) is 6.63. The van der Waals surface area contributed by atoms with Crippen LogP contribution in [0.25, 0.3) is 0 Å². The molecule has 0 saturated heterocycles. The molecule has 0 bridgehead atoms. The lowest BCUT2D eigenvalue weighted by atomic mass is 10.1. The van der Waals surface area contributed by atoms with E-state index in [1.54, 1.807) is 0 Å². The summed E-state index contributed by atoms with van der Waals surface area (Å²) >= 11 is 0. The maximum atomic E-state index is 3.53. The van der Waals surface area contributed by atoms with Gasteiger partial charge in [0.05, 0.1) is 0 Å². The van der Waals surface area contributed by atoms with Crippen molar-refractivity contribution in [1.82, 2.24) is 9.88 Å². The molecule has 0 aromatic carbocycles. The predicted molar refractivity (Wildman–Crippen MR) is 84.4 cm³/mol. The van der Waals surface area contributed by atoms with Crippen LogP contribution in [-0.2, 0) is 13.1 Å². The second-order valence-corrected chi connectivity index (χ2v) is 6.63. The van der Waals surface area contributed by atoms with Gasteiger partial charge in [-0.1, -0.05) is 39.0 Å². The van der Waals surface area contributed by atoms with E-state index in [1.807, 2.05) is 0 Å². The van der Waals surface area contributed by atoms with Gasteiger partial charge < -0.3 is 9.88 Å². The van der Waals surface area contributed by atoms with Crippen LogP contribution in [0.5, 0.6) is 0 Å². The number of unbranched alkanes of at least 4 members (excludes halogenated alkanes) is 5. The fourth-order valence-electron chi connectivity index (χ4n) is 2.18. The van der Waals surface area contributed by atoms with Crippen LogP contribution in [0.3, 0.4) is 0 Å². The summed E-state index contributed by atoms with van der Waals surface area (Å²) in [5, 5.41) is 3.53. The molecule has 19 heavy (non-hydrogen) atoms. The summed E-state index contributed by atoms with van der Waals surface area (Å²) in [5.74, 6) is 0. The fourth-order valence-corrected chi connectivity index (χ4v) is 2.18. The van der Waals surface area contributed by atoms with Crippen molar-refractivity contribution in [2.24, 2.45) is 0 Å². The summed E-state index contributed by atoms with van der Waals surface area (Å²) in [6.07, 6.45) is 12.7. The highest BCUT2D eigenvalue weighted by Crippen LogP contribution is 2.09. The molecule has 1 aromatic rings. The molecule has 0 fully saturated rings. The van der Waals surface area contributed by atoms with Crippen LogP contribution < -0.4 is 5.32 Å². The Bertz CT molecular complexity index is 333. The molecule has 0 radical (unpaired) electrons. The van der Waals surface area contributed by atoms with E-state index in [1.165, 1.54) is 50.6 Å². The minimum atomic E-state index is 0.196. The highest BCUT2D eigenvalue weighted by molar-refractivity contribution is 5.10. The molecular formula is C17H32N2. The van der Waals surface area contributed by atoms with Gasteiger partial charge in [-0.2, -0.15) is 0 Å². The van der Waals surface area contributed by atoms with Crippen molar-refractivity contribution >= 4 is 0 Å². The average Bonchev–Trinajstić information content (AvgIpc) is 2.78. The van der Waals surface area contributed by atoms with E-state index in [0.29, 0.717) is 0 Å². The second kappa shape index (κ2) is 8.42. The standard InChI is InChI=1S/C17H32N2/c1-5-6-7-8-9-10-12-19-13-11-16(15-19)14-18-17(2,3)4/h11,13,15,18H,5-10,12,14H2,1-4H3. The molecule has 0 aliphatic rings. The lowest BCUT2D eigenvalue weighted by molar-refractivity contribution is 0.424. The normalized spacial score (nSPS) is 12.0. The maximum absolute atomic E-state index is 3.53. The molecule has 0 aliphatic heterocycles. The van der Waals surface area contributed by atoms with E-state index in [-0.39, 0.29) is 5.54 Å². The van der Waals surface area contributed by atoms with Gasteiger partial charge in [-0.3, -0.25) is 0 Å². The predicted octanol–water partition coefficient (Wildman–Crippen LogP) is 4.74. The molecular weight excluding hydrogens is 232 g/mol. The molecule has 1 N–H and O–H groups in total. The van der Waals surface area contributed by atoms with Crippen molar-refractivity contribution in [1.29, 1.82) is 0 Å². The zero-order valence-electron chi connectivity index (χ0n) is 13.3. The minimum Gasteiger partial charge on any atom is -0.354 e. The Hall–Kier alpha value is -0.760. The molecule has 110 valence electrons. The van der Waals surface area contributed by atoms with E-state index in [0.717, 1.165) is 6.54 Å². The first-order chi connectivity index (χ1) is 9.01. The molecule has 1 rings (SSSR count). The van der Waals surface area contributed by atoms with E-state index < -0.39 is 0 Å². The third kappa shape index (κ3) is 8.10. The number of aryl methyl sites for hydroxylation is 1. The van der Waals surface area contributed by atoms with Gasteiger partial charge >= 0.3 is 0 Å². The third-order valence-electron chi connectivity index (χ3n) is 3.40. The van der Waals surface area contributed by atoms with E-state index >= 15 is 0 Å². The third-order valence-corrected chi connectivity index (χ3v) is 3.40. The van der Waals surface area contributed by atoms with Gasteiger partial charge in [-0.15, -0.1) is 0 Å². The molecule has 0 atom stereocenters. The van der Waals surface area contributed by atoms with Crippen LogP contribution in [0.1, 0.15) is 71.8 Å². The molecule has 0 spiro atoms. The van der Waals surface area contributed by atoms with Gasteiger partial charge in [0.25, 0.3) is 0 Å².